The Balaban J connectivity index is 1.74. The minimum absolute atomic E-state index is 0.0560. The maximum Gasteiger partial charge on any atom is 0.240 e. The lowest BCUT2D eigenvalue weighted by Crippen LogP contribution is -2.55. The summed E-state index contributed by atoms with van der Waals surface area (Å²) in [6.45, 7) is 0. The Morgan fingerprint density at radius 2 is 1.90 bits per heavy atom. The lowest BCUT2D eigenvalue weighted by Gasteiger charge is -2.47. The zero-order chi connectivity index (χ0) is 15.0. The number of hydrogen-bond donors (Lipinski definition) is 1. The highest BCUT2D eigenvalue weighted by atomic mass is 79.9. The van der Waals surface area contributed by atoms with Crippen LogP contribution in [0.4, 0.5) is 0 Å². The van der Waals surface area contributed by atoms with Crippen molar-refractivity contribution in [2.75, 3.05) is 7.05 Å². The average Bonchev–Trinajstić information content (AvgIpc) is 2.40. The smallest absolute Gasteiger partial charge is 0.240 e. The molecule has 2 aliphatic rings. The second-order valence-corrected chi connectivity index (χ2v) is 8.78. The molecular formula is C15H21BrN2O2S. The number of fused-ring (bicyclic) bond motifs is 2. The van der Waals surface area contributed by atoms with E-state index in [9.17, 15) is 8.42 Å². The Morgan fingerprint density at radius 1 is 1.24 bits per heavy atom. The third-order valence-corrected chi connectivity index (χ3v) is 6.78. The normalized spacial score (nSPS) is 30.3. The summed E-state index contributed by atoms with van der Waals surface area (Å²) in [5.41, 5.74) is 0. The SMILES string of the molecule is CN1C2CCCC1CC(NS(=O)(=O)c1cccc(Br)c1)C2. The number of benzene rings is 1. The zero-order valence-corrected chi connectivity index (χ0v) is 14.5. The standard InChI is InChI=1S/C15H21BrN2O2S/c1-18-13-5-3-6-14(18)10-12(9-13)17-21(19,20)15-7-2-4-11(16)8-15/h2,4,7-8,12-14,17H,3,5-6,9-10H2,1H3. The summed E-state index contributed by atoms with van der Waals surface area (Å²) in [6.07, 6.45) is 5.47. The van der Waals surface area contributed by atoms with Gasteiger partial charge in [0.2, 0.25) is 10.0 Å². The van der Waals surface area contributed by atoms with Crippen LogP contribution < -0.4 is 4.72 Å². The van der Waals surface area contributed by atoms with Gasteiger partial charge in [-0.05, 0) is 50.9 Å². The van der Waals surface area contributed by atoms with Crippen LogP contribution in [0.15, 0.2) is 33.6 Å². The first kappa shape index (κ1) is 15.5. The Morgan fingerprint density at radius 3 is 2.52 bits per heavy atom. The van der Waals surface area contributed by atoms with E-state index in [4.69, 9.17) is 0 Å². The van der Waals surface area contributed by atoms with E-state index in [1.165, 1.54) is 19.3 Å². The third kappa shape index (κ3) is 3.33. The van der Waals surface area contributed by atoms with Crippen LogP contribution in [0.5, 0.6) is 0 Å². The molecule has 0 aliphatic carbocycles. The van der Waals surface area contributed by atoms with Crippen molar-refractivity contribution in [3.63, 3.8) is 0 Å². The van der Waals surface area contributed by atoms with Crippen molar-refractivity contribution in [2.45, 2.75) is 55.1 Å². The van der Waals surface area contributed by atoms with Crippen molar-refractivity contribution in [1.29, 1.82) is 0 Å². The molecule has 0 spiro atoms. The molecule has 3 rings (SSSR count). The molecule has 6 heteroatoms. The van der Waals surface area contributed by atoms with Gasteiger partial charge >= 0.3 is 0 Å². The van der Waals surface area contributed by atoms with Gasteiger partial charge in [0.15, 0.2) is 0 Å². The van der Waals surface area contributed by atoms with Gasteiger partial charge in [0.1, 0.15) is 0 Å². The lowest BCUT2D eigenvalue weighted by atomic mass is 9.83. The van der Waals surface area contributed by atoms with Crippen LogP contribution in [0.2, 0.25) is 0 Å². The summed E-state index contributed by atoms with van der Waals surface area (Å²) in [7, 11) is -1.26. The number of halogens is 1. The summed E-state index contributed by atoms with van der Waals surface area (Å²) in [6, 6.07) is 7.98. The third-order valence-electron chi connectivity index (χ3n) is 4.77. The van der Waals surface area contributed by atoms with Gasteiger partial charge in [-0.15, -0.1) is 0 Å². The molecular weight excluding hydrogens is 352 g/mol. The minimum Gasteiger partial charge on any atom is -0.300 e. The molecule has 2 atom stereocenters. The Kier molecular flexibility index (Phi) is 4.41. The van der Waals surface area contributed by atoms with E-state index in [2.05, 4.69) is 32.6 Å². The molecule has 21 heavy (non-hydrogen) atoms. The van der Waals surface area contributed by atoms with E-state index in [0.29, 0.717) is 17.0 Å². The Labute approximate surface area is 135 Å². The lowest BCUT2D eigenvalue weighted by molar-refractivity contribution is 0.0536. The number of nitrogens with zero attached hydrogens (tertiary/aromatic N) is 1. The average molecular weight is 373 g/mol. The van der Waals surface area contributed by atoms with Gasteiger partial charge < -0.3 is 4.90 Å². The zero-order valence-electron chi connectivity index (χ0n) is 12.1. The molecule has 2 saturated heterocycles. The van der Waals surface area contributed by atoms with Gasteiger partial charge in [0.25, 0.3) is 0 Å². The number of sulfonamides is 1. The fourth-order valence-electron chi connectivity index (χ4n) is 3.63. The summed E-state index contributed by atoms with van der Waals surface area (Å²) >= 11 is 3.33. The van der Waals surface area contributed by atoms with Crippen LogP contribution in [0.25, 0.3) is 0 Å². The van der Waals surface area contributed by atoms with Crippen LogP contribution in [0.3, 0.4) is 0 Å². The molecule has 2 fully saturated rings. The molecule has 2 unspecified atom stereocenters. The van der Waals surface area contributed by atoms with Crippen molar-refractivity contribution >= 4 is 26.0 Å². The largest absolute Gasteiger partial charge is 0.300 e. The molecule has 0 radical (unpaired) electrons. The van der Waals surface area contributed by atoms with Gasteiger partial charge in [-0.3, -0.25) is 0 Å². The molecule has 2 aliphatic heterocycles. The molecule has 116 valence electrons. The van der Waals surface area contributed by atoms with Crippen LogP contribution in [0.1, 0.15) is 32.1 Å². The topological polar surface area (TPSA) is 49.4 Å². The van der Waals surface area contributed by atoms with Crippen LogP contribution in [-0.4, -0.2) is 38.5 Å². The van der Waals surface area contributed by atoms with E-state index in [1.54, 1.807) is 18.2 Å². The highest BCUT2D eigenvalue weighted by molar-refractivity contribution is 9.10. The number of piperidine rings is 2. The fraction of sp³-hybridized carbons (Fsp3) is 0.600. The second-order valence-electron chi connectivity index (χ2n) is 6.15. The van der Waals surface area contributed by atoms with Crippen LogP contribution in [0, 0.1) is 0 Å². The van der Waals surface area contributed by atoms with Crippen molar-refractivity contribution < 1.29 is 8.42 Å². The maximum absolute atomic E-state index is 12.5. The van der Waals surface area contributed by atoms with E-state index in [1.807, 2.05) is 6.07 Å². The molecule has 2 bridgehead atoms. The Bertz CT molecular complexity index is 606. The first-order valence-electron chi connectivity index (χ1n) is 7.45. The number of nitrogens with one attached hydrogen (secondary N) is 1. The van der Waals surface area contributed by atoms with Gasteiger partial charge in [-0.25, -0.2) is 13.1 Å². The molecule has 0 amide bonds. The van der Waals surface area contributed by atoms with Gasteiger partial charge in [-0.1, -0.05) is 28.4 Å². The molecule has 4 nitrogen and oxygen atoms in total. The van der Waals surface area contributed by atoms with Crippen molar-refractivity contribution in [3.05, 3.63) is 28.7 Å². The maximum atomic E-state index is 12.5. The summed E-state index contributed by atoms with van der Waals surface area (Å²) in [5, 5.41) is 0. The number of rotatable bonds is 3. The quantitative estimate of drug-likeness (QED) is 0.887. The highest BCUT2D eigenvalue weighted by Gasteiger charge is 2.37. The van der Waals surface area contributed by atoms with E-state index >= 15 is 0 Å². The first-order chi connectivity index (χ1) is 9.95. The van der Waals surface area contributed by atoms with Crippen molar-refractivity contribution in [1.82, 2.24) is 9.62 Å². The number of hydrogen-bond acceptors (Lipinski definition) is 3. The predicted octanol–water partition coefficient (Wildman–Crippen LogP) is 2.74. The van der Waals surface area contributed by atoms with E-state index in [-0.39, 0.29) is 6.04 Å². The monoisotopic (exact) mass is 372 g/mol. The molecule has 2 heterocycles. The molecule has 1 N–H and O–H groups in total. The van der Waals surface area contributed by atoms with Crippen LogP contribution in [-0.2, 0) is 10.0 Å². The summed E-state index contributed by atoms with van der Waals surface area (Å²) < 4.78 is 28.7. The van der Waals surface area contributed by atoms with Crippen molar-refractivity contribution in [3.8, 4) is 0 Å². The van der Waals surface area contributed by atoms with E-state index < -0.39 is 10.0 Å². The fourth-order valence-corrected chi connectivity index (χ4v) is 5.49. The minimum atomic E-state index is -3.43. The molecule has 1 aromatic rings. The Hall–Kier alpha value is -0.430. The van der Waals surface area contributed by atoms with E-state index in [0.717, 1.165) is 17.3 Å². The molecule has 0 saturated carbocycles. The molecule has 0 aromatic heterocycles. The van der Waals surface area contributed by atoms with Crippen LogP contribution >= 0.6 is 15.9 Å². The highest BCUT2D eigenvalue weighted by Crippen LogP contribution is 2.33. The van der Waals surface area contributed by atoms with Gasteiger partial charge in [-0.2, -0.15) is 0 Å². The summed E-state index contributed by atoms with van der Waals surface area (Å²) in [5.74, 6) is 0. The van der Waals surface area contributed by atoms with Crippen molar-refractivity contribution in [2.24, 2.45) is 0 Å². The van der Waals surface area contributed by atoms with Gasteiger partial charge in [0, 0.05) is 22.6 Å². The predicted molar refractivity (Wildman–Crippen MR) is 86.7 cm³/mol. The first-order valence-corrected chi connectivity index (χ1v) is 9.73. The molecule has 1 aromatic carbocycles. The second kappa shape index (κ2) is 5.99. The van der Waals surface area contributed by atoms with Gasteiger partial charge in [0.05, 0.1) is 4.90 Å². The summed E-state index contributed by atoms with van der Waals surface area (Å²) in [4.78, 5) is 2.77.